The zero-order chi connectivity index (χ0) is 51.2. The van der Waals surface area contributed by atoms with Crippen LogP contribution < -0.4 is 24.4 Å². The van der Waals surface area contributed by atoms with Crippen molar-refractivity contribution in [3.8, 4) is 5.75 Å². The van der Waals surface area contributed by atoms with Crippen LogP contribution in [-0.2, 0) is 30.2 Å². The molecule has 0 saturated heterocycles. The van der Waals surface area contributed by atoms with Crippen LogP contribution >= 0.6 is 22.7 Å². The quantitative estimate of drug-likeness (QED) is 0.0895. The smallest absolute Gasteiger partial charge is 0.375 e. The first-order chi connectivity index (χ1) is 32.7. The predicted molar refractivity (Wildman–Crippen MR) is 240 cm³/mol. The summed E-state index contributed by atoms with van der Waals surface area (Å²) in [5, 5.41) is 0.508. The van der Waals surface area contributed by atoms with E-state index in [-0.39, 0.29) is 49.1 Å². The predicted octanol–water partition coefficient (Wildman–Crippen LogP) is 8.74. The fraction of sp³-hybridized carbons (Fsp3) is 0.385. The number of rotatable bonds is 7. The Labute approximate surface area is 396 Å². The minimum Gasteiger partial charge on any atom is -0.375 e. The molecule has 2 saturated carbocycles. The van der Waals surface area contributed by atoms with Crippen LogP contribution in [-0.4, -0.2) is 70.8 Å². The number of pyridine rings is 2. The molecule has 7 aromatic rings. The highest BCUT2D eigenvalue weighted by Crippen LogP contribution is 2.40. The summed E-state index contributed by atoms with van der Waals surface area (Å²) in [4.78, 5) is 54.3. The zero-order valence-corrected chi connectivity index (χ0v) is 39.4. The van der Waals surface area contributed by atoms with Crippen LogP contribution in [0.2, 0.25) is 0 Å². The number of nitrogens with zero attached hydrogens (tertiary/aromatic N) is 6. The monoisotopic (exact) mass is 1090 g/mol. The number of thiophene rings is 2. The maximum Gasteiger partial charge on any atom is 0.534 e. The molecule has 378 valence electrons. The largest absolute Gasteiger partial charge is 0.534 e. The fourth-order valence-electron chi connectivity index (χ4n) is 7.74. The third kappa shape index (κ3) is 10.1. The van der Waals surface area contributed by atoms with Gasteiger partial charge in [0.1, 0.15) is 30.1 Å². The molecule has 17 nitrogen and oxygen atoms in total. The van der Waals surface area contributed by atoms with Crippen LogP contribution in [0.5, 0.6) is 5.75 Å². The van der Waals surface area contributed by atoms with Gasteiger partial charge in [0.2, 0.25) is 0 Å². The highest BCUT2D eigenvalue weighted by molar-refractivity contribution is 8.11. The van der Waals surface area contributed by atoms with Crippen LogP contribution in [0.3, 0.4) is 0 Å². The topological polar surface area (TPSA) is 230 Å². The first-order valence-electron chi connectivity index (χ1n) is 20.5. The SMILES string of the molecule is O=S(=O)(N(c1ccccc1)S(=O)(=O)C(F)(F)F)C(F)(F)F.O=c1c2sc3nccc(OS(=O)(=O)C(F)(F)F)c3c2ncn1C1CCCCC1.O=c1cc[nH]c2sc3c(=O)n(C4CCCCC4)cnc3c12. The molecule has 0 atom stereocenters. The fourth-order valence-corrected chi connectivity index (χ4v) is 13.1. The molecule has 2 fully saturated rings. The zero-order valence-electron chi connectivity index (χ0n) is 35.3. The molecule has 0 radical (unpaired) electrons. The minimum absolute atomic E-state index is 0.0131. The summed E-state index contributed by atoms with van der Waals surface area (Å²) in [6, 6.07) is 6.61. The Morgan fingerprint density at radius 2 is 1.10 bits per heavy atom. The third-order valence-corrected chi connectivity index (χ3v) is 17.8. The number of aromatic amines is 1. The summed E-state index contributed by atoms with van der Waals surface area (Å²) in [5.41, 5.74) is -19.2. The van der Waals surface area contributed by atoms with Crippen LogP contribution in [0.15, 0.2) is 81.9 Å². The number of benzene rings is 1. The van der Waals surface area contributed by atoms with E-state index in [1.165, 1.54) is 43.0 Å². The molecule has 2 aliphatic rings. The first-order valence-corrected chi connectivity index (χ1v) is 26.4. The van der Waals surface area contributed by atoms with Crippen molar-refractivity contribution in [3.05, 3.63) is 98.4 Å². The average Bonchev–Trinajstić information content (AvgIpc) is 3.88. The standard InChI is InChI=1S/C16H14F3N3O4S2.C15H15N3O2S.C8H5F6NO4S2/c17-16(18,19)28(24,25)26-10-6-7-20-14-11(10)12-13(27-14)15(23)22(8-21-12)9-4-2-1-3-5-9;19-10-6-7-16-14-11(10)12-13(21-14)15(20)18(8-17-12)9-4-2-1-3-5-9;9-7(10,11)20(16,17)15(6-4-2-1-3-5-6)21(18,19)8(12,13)14/h6-9H,1-5H2;6-9H,1-5H2,(H,16,19);1-5H. The third-order valence-electron chi connectivity index (χ3n) is 11.0. The lowest BCUT2D eigenvalue weighted by Gasteiger charge is -2.25. The van der Waals surface area contributed by atoms with E-state index in [4.69, 9.17) is 0 Å². The number of hydrogen-bond acceptors (Lipinski definition) is 15. The number of fused-ring (bicyclic) bond motifs is 6. The van der Waals surface area contributed by atoms with Gasteiger partial charge in [-0.3, -0.25) is 23.5 Å². The van der Waals surface area contributed by atoms with Crippen molar-refractivity contribution < 1.29 is 69.0 Å². The second kappa shape index (κ2) is 19.5. The highest BCUT2D eigenvalue weighted by atomic mass is 32.3. The molecule has 6 aromatic heterocycles. The molecule has 2 aliphatic carbocycles. The van der Waals surface area contributed by atoms with Crippen molar-refractivity contribution in [2.45, 2.75) is 92.8 Å². The van der Waals surface area contributed by atoms with Crippen molar-refractivity contribution in [2.75, 3.05) is 3.71 Å². The molecule has 0 aliphatic heterocycles. The van der Waals surface area contributed by atoms with E-state index in [9.17, 15) is 79.2 Å². The van der Waals surface area contributed by atoms with Gasteiger partial charge < -0.3 is 9.17 Å². The van der Waals surface area contributed by atoms with Gasteiger partial charge in [0.15, 0.2) is 11.2 Å². The van der Waals surface area contributed by atoms with Crippen molar-refractivity contribution in [2.24, 2.45) is 0 Å². The Kier molecular flexibility index (Phi) is 14.5. The molecule has 0 amide bonds. The maximum atomic E-state index is 12.9. The van der Waals surface area contributed by atoms with Gasteiger partial charge in [0.05, 0.1) is 29.1 Å². The van der Waals surface area contributed by atoms with Gasteiger partial charge in [-0.15, -0.1) is 26.4 Å². The van der Waals surface area contributed by atoms with Crippen LogP contribution in [0.4, 0.5) is 45.2 Å². The van der Waals surface area contributed by atoms with E-state index in [1.54, 1.807) is 21.7 Å². The second-order valence-electron chi connectivity index (χ2n) is 15.5. The van der Waals surface area contributed by atoms with Gasteiger partial charge >= 0.3 is 46.7 Å². The molecular formula is C39H34F9N7O10S5. The molecule has 0 bridgehead atoms. The molecule has 9 rings (SSSR count). The average molecular weight is 1090 g/mol. The van der Waals surface area contributed by atoms with Gasteiger partial charge in [-0.2, -0.15) is 64.8 Å². The summed E-state index contributed by atoms with van der Waals surface area (Å²) >= 11 is 2.28. The molecule has 1 aromatic carbocycles. The molecule has 31 heteroatoms. The molecule has 0 spiro atoms. The van der Waals surface area contributed by atoms with Crippen molar-refractivity contribution in [1.29, 1.82) is 0 Å². The number of sulfonamides is 2. The summed E-state index contributed by atoms with van der Waals surface area (Å²) < 4.78 is 187. The number of para-hydroxylation sites is 1. The number of alkyl halides is 9. The number of halogens is 9. The lowest BCUT2D eigenvalue weighted by atomic mass is 9.95. The highest BCUT2D eigenvalue weighted by Gasteiger charge is 2.61. The van der Waals surface area contributed by atoms with Gasteiger partial charge in [0, 0.05) is 36.6 Å². The van der Waals surface area contributed by atoms with Crippen LogP contribution in [0.25, 0.3) is 40.9 Å². The van der Waals surface area contributed by atoms with Gasteiger partial charge in [-0.1, -0.05) is 56.7 Å². The van der Waals surface area contributed by atoms with E-state index in [0.717, 1.165) is 91.6 Å². The van der Waals surface area contributed by atoms with Gasteiger partial charge in [-0.05, 0) is 37.8 Å². The first kappa shape index (κ1) is 52.2. The molecule has 70 heavy (non-hydrogen) atoms. The normalized spacial score (nSPS) is 15.9. The van der Waals surface area contributed by atoms with E-state index in [0.29, 0.717) is 27.7 Å². The molecular weight excluding hydrogens is 1060 g/mol. The Morgan fingerprint density at radius 1 is 0.614 bits per heavy atom. The minimum atomic E-state index is -6.81. The molecule has 1 N–H and O–H groups in total. The van der Waals surface area contributed by atoms with E-state index < -0.39 is 61.8 Å². The number of anilines is 1. The van der Waals surface area contributed by atoms with Crippen LogP contribution in [0.1, 0.15) is 76.3 Å². The summed E-state index contributed by atoms with van der Waals surface area (Å²) in [6.45, 7) is 0. The summed E-state index contributed by atoms with van der Waals surface area (Å²) in [5.74, 6) is -0.559. The molecule has 0 unspecified atom stereocenters. The van der Waals surface area contributed by atoms with E-state index >= 15 is 0 Å². The van der Waals surface area contributed by atoms with E-state index in [2.05, 4.69) is 24.1 Å². The Hall–Kier alpha value is -5.66. The Bertz CT molecular complexity index is 3560. The second-order valence-corrected chi connectivity index (χ2v) is 22.9. The summed E-state index contributed by atoms with van der Waals surface area (Å²) in [7, 11) is -19.5. The van der Waals surface area contributed by atoms with Gasteiger partial charge in [-0.25, -0.2) is 15.0 Å². The number of aromatic nitrogens is 6. The Balaban J connectivity index is 0.000000157. The van der Waals surface area contributed by atoms with E-state index in [1.807, 2.05) is 0 Å². The lowest BCUT2D eigenvalue weighted by molar-refractivity contribution is -0.0501. The van der Waals surface area contributed by atoms with Crippen molar-refractivity contribution in [1.82, 2.24) is 29.1 Å². The van der Waals surface area contributed by atoms with Crippen LogP contribution in [0, 0.1) is 0 Å². The Morgan fingerprint density at radius 3 is 1.59 bits per heavy atom. The van der Waals surface area contributed by atoms with Crippen molar-refractivity contribution >= 4 is 99.4 Å². The number of H-pyrrole nitrogens is 1. The lowest BCUT2D eigenvalue weighted by Crippen LogP contribution is -2.49. The van der Waals surface area contributed by atoms with Crippen molar-refractivity contribution in [3.63, 3.8) is 0 Å². The van der Waals surface area contributed by atoms with Gasteiger partial charge in [0.25, 0.3) is 11.1 Å². The maximum absolute atomic E-state index is 12.9. The molecule has 6 heterocycles. The summed E-state index contributed by atoms with van der Waals surface area (Å²) in [6.07, 6.45) is 16.2. The number of nitrogens with one attached hydrogen (secondary N) is 1. The number of hydrogen-bond donors (Lipinski definition) is 1.